The molecular formula is C12H11FN2O4. The quantitative estimate of drug-likeness (QED) is 0.534. The van der Waals surface area contributed by atoms with E-state index in [0.717, 1.165) is 17.0 Å². The van der Waals surface area contributed by atoms with Crippen molar-refractivity contribution in [3.8, 4) is 5.75 Å². The Balaban J connectivity index is 2.18. The van der Waals surface area contributed by atoms with Gasteiger partial charge in [-0.25, -0.2) is 4.39 Å². The van der Waals surface area contributed by atoms with E-state index in [1.165, 1.54) is 12.1 Å². The van der Waals surface area contributed by atoms with Crippen molar-refractivity contribution >= 4 is 17.5 Å². The van der Waals surface area contributed by atoms with Gasteiger partial charge >= 0.3 is 0 Å². The van der Waals surface area contributed by atoms with Crippen LogP contribution in [0.1, 0.15) is 0 Å². The number of phenolic OH excluding ortho intramolecular Hbond substituents is 1. The van der Waals surface area contributed by atoms with Crippen LogP contribution in [0.25, 0.3) is 0 Å². The summed E-state index contributed by atoms with van der Waals surface area (Å²) in [4.78, 5) is 24.1. The average Bonchev–Trinajstić information content (AvgIpc) is 2.61. The van der Waals surface area contributed by atoms with Gasteiger partial charge < -0.3 is 15.5 Å². The number of nitrogens with zero attached hydrogens (tertiary/aromatic N) is 1. The van der Waals surface area contributed by atoms with Crippen molar-refractivity contribution in [2.75, 3.05) is 18.5 Å². The van der Waals surface area contributed by atoms with Gasteiger partial charge in [-0.05, 0) is 12.1 Å². The van der Waals surface area contributed by atoms with E-state index in [9.17, 15) is 14.0 Å². The molecule has 7 heteroatoms. The SMILES string of the molecule is O=C1C=C(Nc2ccc(O)cc2F)C(=O)N1CCO. The van der Waals surface area contributed by atoms with Gasteiger partial charge in [-0.1, -0.05) is 0 Å². The topological polar surface area (TPSA) is 89.9 Å². The number of hydrogen-bond donors (Lipinski definition) is 3. The molecule has 0 radical (unpaired) electrons. The molecule has 1 aliphatic heterocycles. The highest BCUT2D eigenvalue weighted by atomic mass is 19.1. The molecule has 0 saturated heterocycles. The van der Waals surface area contributed by atoms with Gasteiger partial charge in [0.25, 0.3) is 11.8 Å². The third kappa shape index (κ3) is 2.55. The van der Waals surface area contributed by atoms with Crippen LogP contribution in [0.2, 0.25) is 0 Å². The van der Waals surface area contributed by atoms with Crippen LogP contribution in [0.15, 0.2) is 30.0 Å². The molecule has 0 fully saturated rings. The number of halogens is 1. The normalized spacial score (nSPS) is 14.8. The minimum atomic E-state index is -0.748. The minimum absolute atomic E-state index is 0.0314. The van der Waals surface area contributed by atoms with E-state index in [4.69, 9.17) is 10.2 Å². The number of aliphatic hydroxyl groups excluding tert-OH is 1. The molecule has 6 nitrogen and oxygen atoms in total. The molecule has 2 amide bonds. The Morgan fingerprint density at radius 2 is 2.05 bits per heavy atom. The summed E-state index contributed by atoms with van der Waals surface area (Å²) >= 11 is 0. The van der Waals surface area contributed by atoms with Gasteiger partial charge in [0.05, 0.1) is 18.8 Å². The Labute approximate surface area is 107 Å². The molecule has 0 aliphatic carbocycles. The summed E-state index contributed by atoms with van der Waals surface area (Å²) < 4.78 is 13.5. The third-order valence-corrected chi connectivity index (χ3v) is 2.56. The van der Waals surface area contributed by atoms with E-state index < -0.39 is 17.6 Å². The predicted octanol–water partition coefficient (Wildman–Crippen LogP) is 0.188. The molecule has 3 N–H and O–H groups in total. The van der Waals surface area contributed by atoms with Crippen LogP contribution in [-0.4, -0.2) is 40.1 Å². The van der Waals surface area contributed by atoms with Crippen molar-refractivity contribution in [1.29, 1.82) is 0 Å². The molecule has 0 bridgehead atoms. The van der Waals surface area contributed by atoms with Crippen molar-refractivity contribution < 1.29 is 24.2 Å². The Morgan fingerprint density at radius 3 is 2.68 bits per heavy atom. The summed E-state index contributed by atoms with van der Waals surface area (Å²) in [6.07, 6.45) is 1.03. The number of imide groups is 1. The van der Waals surface area contributed by atoms with Gasteiger partial charge in [-0.15, -0.1) is 0 Å². The molecule has 0 aromatic heterocycles. The Morgan fingerprint density at radius 1 is 1.32 bits per heavy atom. The molecule has 1 aromatic rings. The number of nitrogens with one attached hydrogen (secondary N) is 1. The number of β-amino-alcohol motifs (C(OH)–C–C–N with tert-alkyl or cyclic N) is 1. The van der Waals surface area contributed by atoms with Crippen LogP contribution in [0.3, 0.4) is 0 Å². The van der Waals surface area contributed by atoms with Crippen molar-refractivity contribution in [2.24, 2.45) is 0 Å². The summed E-state index contributed by atoms with van der Waals surface area (Å²) in [5.41, 5.74) is -0.112. The zero-order valence-corrected chi connectivity index (χ0v) is 9.76. The molecule has 19 heavy (non-hydrogen) atoms. The fourth-order valence-electron chi connectivity index (χ4n) is 1.66. The first-order chi connectivity index (χ1) is 9.02. The van der Waals surface area contributed by atoms with Crippen molar-refractivity contribution in [3.63, 3.8) is 0 Å². The number of phenols is 1. The number of carbonyl (C=O) groups excluding carboxylic acids is 2. The minimum Gasteiger partial charge on any atom is -0.508 e. The summed E-state index contributed by atoms with van der Waals surface area (Å²) in [7, 11) is 0. The summed E-state index contributed by atoms with van der Waals surface area (Å²) in [5.74, 6) is -2.19. The van der Waals surface area contributed by atoms with Gasteiger partial charge in [-0.3, -0.25) is 14.5 Å². The van der Waals surface area contributed by atoms with E-state index in [1.807, 2.05) is 0 Å². The molecule has 100 valence electrons. The van der Waals surface area contributed by atoms with Crippen molar-refractivity contribution in [1.82, 2.24) is 4.90 Å². The van der Waals surface area contributed by atoms with E-state index in [-0.39, 0.29) is 30.3 Å². The molecule has 1 aromatic carbocycles. The van der Waals surface area contributed by atoms with E-state index in [1.54, 1.807) is 0 Å². The number of benzene rings is 1. The number of amides is 2. The number of carbonyl (C=O) groups is 2. The second-order valence-corrected chi connectivity index (χ2v) is 3.87. The van der Waals surface area contributed by atoms with Gasteiger partial charge in [-0.2, -0.15) is 0 Å². The zero-order valence-electron chi connectivity index (χ0n) is 9.76. The summed E-state index contributed by atoms with van der Waals surface area (Å²) in [5, 5.41) is 20.3. The first kappa shape index (κ1) is 13.0. The summed E-state index contributed by atoms with van der Waals surface area (Å²) in [6, 6.07) is 3.38. The molecule has 0 saturated carbocycles. The average molecular weight is 266 g/mol. The highest BCUT2D eigenvalue weighted by molar-refractivity contribution is 6.17. The van der Waals surface area contributed by atoms with Crippen LogP contribution >= 0.6 is 0 Å². The molecule has 0 unspecified atom stereocenters. The number of rotatable bonds is 4. The van der Waals surface area contributed by atoms with E-state index >= 15 is 0 Å². The number of hydrogen-bond acceptors (Lipinski definition) is 5. The molecule has 0 atom stereocenters. The Bertz CT molecular complexity index is 571. The highest BCUT2D eigenvalue weighted by Gasteiger charge is 2.30. The second-order valence-electron chi connectivity index (χ2n) is 3.87. The smallest absolute Gasteiger partial charge is 0.277 e. The molecule has 1 heterocycles. The Hall–Kier alpha value is -2.41. The maximum absolute atomic E-state index is 13.5. The van der Waals surface area contributed by atoms with Gasteiger partial charge in [0.2, 0.25) is 0 Å². The Kier molecular flexibility index (Phi) is 3.48. The highest BCUT2D eigenvalue weighted by Crippen LogP contribution is 2.22. The lowest BCUT2D eigenvalue weighted by molar-refractivity contribution is -0.137. The van der Waals surface area contributed by atoms with Crippen LogP contribution in [0.4, 0.5) is 10.1 Å². The maximum atomic E-state index is 13.5. The van der Waals surface area contributed by atoms with Crippen molar-refractivity contribution in [2.45, 2.75) is 0 Å². The second kappa shape index (κ2) is 5.07. The number of anilines is 1. The lowest BCUT2D eigenvalue weighted by atomic mass is 10.2. The predicted molar refractivity (Wildman–Crippen MR) is 63.6 cm³/mol. The first-order valence-electron chi connectivity index (χ1n) is 5.47. The lowest BCUT2D eigenvalue weighted by Gasteiger charge is -2.13. The largest absolute Gasteiger partial charge is 0.508 e. The fraction of sp³-hybridized carbons (Fsp3) is 0.167. The van der Waals surface area contributed by atoms with Crippen molar-refractivity contribution in [3.05, 3.63) is 35.8 Å². The van der Waals surface area contributed by atoms with Gasteiger partial charge in [0, 0.05) is 12.1 Å². The fourth-order valence-corrected chi connectivity index (χ4v) is 1.66. The molecule has 0 spiro atoms. The first-order valence-corrected chi connectivity index (χ1v) is 5.47. The maximum Gasteiger partial charge on any atom is 0.277 e. The zero-order chi connectivity index (χ0) is 14.0. The third-order valence-electron chi connectivity index (χ3n) is 2.56. The number of aromatic hydroxyl groups is 1. The lowest BCUT2D eigenvalue weighted by Crippen LogP contribution is -2.34. The van der Waals surface area contributed by atoms with Crippen LogP contribution < -0.4 is 5.32 Å². The molecular weight excluding hydrogens is 255 g/mol. The number of aliphatic hydroxyl groups is 1. The monoisotopic (exact) mass is 266 g/mol. The molecule has 2 rings (SSSR count). The van der Waals surface area contributed by atoms with Crippen LogP contribution in [-0.2, 0) is 9.59 Å². The molecule has 1 aliphatic rings. The summed E-state index contributed by atoms with van der Waals surface area (Å²) in [6.45, 7) is -0.455. The standard InChI is InChI=1S/C12H11FN2O4/c13-8-5-7(17)1-2-9(8)14-10-6-11(18)15(3-4-16)12(10)19/h1-2,5-6,14,16-17H,3-4H2. The van der Waals surface area contributed by atoms with Crippen LogP contribution in [0, 0.1) is 5.82 Å². The van der Waals surface area contributed by atoms with Gasteiger partial charge in [0.15, 0.2) is 0 Å². The van der Waals surface area contributed by atoms with Crippen LogP contribution in [0.5, 0.6) is 5.75 Å². The van der Waals surface area contributed by atoms with Gasteiger partial charge in [0.1, 0.15) is 17.3 Å². The van der Waals surface area contributed by atoms with E-state index in [0.29, 0.717) is 0 Å². The van der Waals surface area contributed by atoms with E-state index in [2.05, 4.69) is 5.32 Å².